The summed E-state index contributed by atoms with van der Waals surface area (Å²) in [6.45, 7) is 0.690. The second kappa shape index (κ2) is 11.0. The minimum atomic E-state index is -1.22. The first-order valence-corrected chi connectivity index (χ1v) is 6.07. The van der Waals surface area contributed by atoms with Crippen LogP contribution in [0.2, 0.25) is 0 Å². The number of primary amides is 1. The molecule has 0 fully saturated rings. The van der Waals surface area contributed by atoms with Gasteiger partial charge in [0.25, 0.3) is 0 Å². The molecule has 0 aliphatic heterocycles. The van der Waals surface area contributed by atoms with E-state index in [0.717, 1.165) is 4.90 Å². The average Bonchev–Trinajstić information content (AvgIpc) is 2.35. The van der Waals surface area contributed by atoms with E-state index in [1.165, 1.54) is 0 Å². The number of nitrogens with one attached hydrogen (secondary N) is 1. The van der Waals surface area contributed by atoms with Crippen LogP contribution >= 0.6 is 0 Å². The summed E-state index contributed by atoms with van der Waals surface area (Å²) in [5.41, 5.74) is 4.94. The molecule has 0 saturated heterocycles. The molecule has 9 nitrogen and oxygen atoms in total. The third-order valence-electron chi connectivity index (χ3n) is 2.13. The molecule has 116 valence electrons. The molecule has 4 N–H and O–H groups in total. The van der Waals surface area contributed by atoms with Gasteiger partial charge in [0.1, 0.15) is 13.1 Å². The van der Waals surface area contributed by atoms with Crippen molar-refractivity contribution in [3.05, 3.63) is 0 Å². The smallest absolute Gasteiger partial charge is 0.323 e. The van der Waals surface area contributed by atoms with Crippen LogP contribution in [0, 0.1) is 0 Å². The molecule has 0 atom stereocenters. The summed E-state index contributed by atoms with van der Waals surface area (Å²) in [5.74, 6) is -1.99. The van der Waals surface area contributed by atoms with E-state index in [1.807, 2.05) is 0 Å². The van der Waals surface area contributed by atoms with Crippen LogP contribution in [0.15, 0.2) is 0 Å². The number of urea groups is 1. The van der Waals surface area contributed by atoms with Crippen LogP contribution in [0.3, 0.4) is 0 Å². The molecule has 0 aliphatic carbocycles. The van der Waals surface area contributed by atoms with Crippen molar-refractivity contribution in [2.45, 2.75) is 6.42 Å². The number of nitrogens with zero attached hydrogens (tertiary/aromatic N) is 1. The number of carbonyl (C=O) groups excluding carboxylic acids is 2. The van der Waals surface area contributed by atoms with Gasteiger partial charge in [-0.2, -0.15) is 0 Å². The van der Waals surface area contributed by atoms with Crippen LogP contribution in [0.4, 0.5) is 4.79 Å². The molecule has 0 rings (SSSR count). The highest BCUT2D eigenvalue weighted by atomic mass is 16.5. The van der Waals surface area contributed by atoms with E-state index in [1.54, 1.807) is 7.11 Å². The maximum Gasteiger partial charge on any atom is 0.323 e. The van der Waals surface area contributed by atoms with Gasteiger partial charge in [-0.15, -0.1) is 0 Å². The summed E-state index contributed by atoms with van der Waals surface area (Å²) in [5, 5.41) is 11.1. The summed E-state index contributed by atoms with van der Waals surface area (Å²) in [7, 11) is 1.57. The van der Waals surface area contributed by atoms with Gasteiger partial charge in [-0.25, -0.2) is 4.79 Å². The van der Waals surface area contributed by atoms with Crippen LogP contribution < -0.4 is 11.1 Å². The highest BCUT2D eigenvalue weighted by Gasteiger charge is 2.18. The zero-order valence-corrected chi connectivity index (χ0v) is 11.5. The zero-order chi connectivity index (χ0) is 15.4. The Morgan fingerprint density at radius 2 is 1.90 bits per heavy atom. The van der Waals surface area contributed by atoms with Crippen LogP contribution in [0.25, 0.3) is 0 Å². The van der Waals surface area contributed by atoms with Crippen molar-refractivity contribution >= 4 is 17.9 Å². The predicted octanol–water partition coefficient (Wildman–Crippen LogP) is -1.38. The summed E-state index contributed by atoms with van der Waals surface area (Å²) in [6, 6.07) is -0.650. The molecule has 0 saturated carbocycles. The Morgan fingerprint density at radius 1 is 1.20 bits per heavy atom. The maximum absolute atomic E-state index is 11.6. The molecule has 0 bridgehead atoms. The third-order valence-corrected chi connectivity index (χ3v) is 2.13. The van der Waals surface area contributed by atoms with Crippen molar-refractivity contribution in [2.75, 3.05) is 46.6 Å². The first-order valence-electron chi connectivity index (χ1n) is 6.07. The summed E-state index contributed by atoms with van der Waals surface area (Å²) >= 11 is 0. The molecular weight excluding hydrogens is 270 g/mol. The fourth-order valence-corrected chi connectivity index (χ4v) is 1.28. The highest BCUT2D eigenvalue weighted by Crippen LogP contribution is 1.90. The van der Waals surface area contributed by atoms with E-state index in [-0.39, 0.29) is 0 Å². The molecule has 0 unspecified atom stereocenters. The molecule has 0 heterocycles. The van der Waals surface area contributed by atoms with E-state index in [2.05, 4.69) is 5.32 Å². The topological polar surface area (TPSA) is 131 Å². The number of methoxy groups -OCH3 is 1. The molecule has 20 heavy (non-hydrogen) atoms. The number of carbonyl (C=O) groups is 3. The average molecular weight is 291 g/mol. The van der Waals surface area contributed by atoms with Gasteiger partial charge < -0.3 is 30.5 Å². The number of aliphatic carboxylic acids is 1. The van der Waals surface area contributed by atoms with Gasteiger partial charge in [-0.05, 0) is 6.42 Å². The van der Waals surface area contributed by atoms with Gasteiger partial charge in [0.2, 0.25) is 5.91 Å². The second-order valence-corrected chi connectivity index (χ2v) is 3.91. The standard InChI is InChI=1S/C11H21N3O6/c1-19-5-6-20-4-2-3-13-11(18)14(7-9(12)15)8-10(16)17/h2-8H2,1H3,(H2,12,15)(H,13,18)(H,16,17). The quantitative estimate of drug-likeness (QED) is 0.402. The molecule has 0 aromatic carbocycles. The molecule has 0 aromatic rings. The Labute approximate surface area is 117 Å². The maximum atomic E-state index is 11.6. The fourth-order valence-electron chi connectivity index (χ4n) is 1.28. The lowest BCUT2D eigenvalue weighted by Crippen LogP contribution is -2.46. The second-order valence-electron chi connectivity index (χ2n) is 3.91. The van der Waals surface area contributed by atoms with Gasteiger partial charge in [0, 0.05) is 20.3 Å². The lowest BCUT2D eigenvalue weighted by molar-refractivity contribution is -0.137. The molecule has 0 aromatic heterocycles. The van der Waals surface area contributed by atoms with Crippen molar-refractivity contribution in [3.63, 3.8) is 0 Å². The van der Waals surface area contributed by atoms with E-state index in [4.69, 9.17) is 20.3 Å². The lowest BCUT2D eigenvalue weighted by Gasteiger charge is -2.19. The highest BCUT2D eigenvalue weighted by molar-refractivity contribution is 5.85. The van der Waals surface area contributed by atoms with Crippen molar-refractivity contribution in [2.24, 2.45) is 5.73 Å². The SMILES string of the molecule is COCCOCCCNC(=O)N(CC(N)=O)CC(=O)O. The number of hydrogen-bond acceptors (Lipinski definition) is 5. The van der Waals surface area contributed by atoms with Crippen molar-refractivity contribution < 1.29 is 29.0 Å². The number of nitrogens with two attached hydrogens (primary N) is 1. The number of hydrogen-bond donors (Lipinski definition) is 3. The summed E-state index contributed by atoms with van der Waals surface area (Å²) in [6.07, 6.45) is 0.562. The minimum absolute atomic E-state index is 0.306. The Hall–Kier alpha value is -1.87. The van der Waals surface area contributed by atoms with Crippen LogP contribution in [0.5, 0.6) is 0 Å². The van der Waals surface area contributed by atoms with E-state index < -0.39 is 31.0 Å². The zero-order valence-electron chi connectivity index (χ0n) is 11.5. The predicted molar refractivity (Wildman–Crippen MR) is 69.1 cm³/mol. The fraction of sp³-hybridized carbons (Fsp3) is 0.727. The van der Waals surface area contributed by atoms with Gasteiger partial charge in [-0.3, -0.25) is 9.59 Å². The molecule has 0 spiro atoms. The summed E-state index contributed by atoms with van der Waals surface area (Å²) < 4.78 is 9.98. The van der Waals surface area contributed by atoms with E-state index in [0.29, 0.717) is 32.8 Å². The van der Waals surface area contributed by atoms with Gasteiger partial charge >= 0.3 is 12.0 Å². The van der Waals surface area contributed by atoms with Crippen LogP contribution in [0.1, 0.15) is 6.42 Å². The van der Waals surface area contributed by atoms with Gasteiger partial charge in [-0.1, -0.05) is 0 Å². The summed E-state index contributed by atoms with van der Waals surface area (Å²) in [4.78, 5) is 33.8. The number of rotatable bonds is 11. The normalized spacial score (nSPS) is 10.1. The Balaban J connectivity index is 3.89. The molecule has 9 heteroatoms. The van der Waals surface area contributed by atoms with E-state index in [9.17, 15) is 14.4 Å². The number of carboxylic acid groups (broad SMARTS) is 1. The largest absolute Gasteiger partial charge is 0.480 e. The number of amides is 3. The third kappa shape index (κ3) is 10.1. The molecular formula is C11H21N3O6. The van der Waals surface area contributed by atoms with Gasteiger partial charge in [0.15, 0.2) is 0 Å². The first-order chi connectivity index (χ1) is 9.47. The Kier molecular flexibility index (Phi) is 9.97. The van der Waals surface area contributed by atoms with E-state index >= 15 is 0 Å². The van der Waals surface area contributed by atoms with Gasteiger partial charge in [0.05, 0.1) is 13.2 Å². The lowest BCUT2D eigenvalue weighted by atomic mass is 10.4. The molecule has 0 aliphatic rings. The van der Waals surface area contributed by atoms with Crippen LogP contribution in [-0.2, 0) is 19.1 Å². The van der Waals surface area contributed by atoms with Crippen molar-refractivity contribution in [1.82, 2.24) is 10.2 Å². The number of carboxylic acids is 1. The van der Waals surface area contributed by atoms with Crippen molar-refractivity contribution in [1.29, 1.82) is 0 Å². The minimum Gasteiger partial charge on any atom is -0.480 e. The van der Waals surface area contributed by atoms with Crippen LogP contribution in [-0.4, -0.2) is 74.5 Å². The first kappa shape index (κ1) is 18.1. The molecule has 3 amide bonds. The monoisotopic (exact) mass is 291 g/mol. The van der Waals surface area contributed by atoms with Crippen molar-refractivity contribution in [3.8, 4) is 0 Å². The molecule has 0 radical (unpaired) electrons. The Bertz CT molecular complexity index is 307. The Morgan fingerprint density at radius 3 is 2.45 bits per heavy atom. The number of ether oxygens (including phenoxy) is 2.